The van der Waals surface area contributed by atoms with Crippen molar-refractivity contribution in [3.05, 3.63) is 54.1 Å². The van der Waals surface area contributed by atoms with Gasteiger partial charge in [-0.3, -0.25) is 9.59 Å². The Hall–Kier alpha value is -3.16. The number of nitrogens with one attached hydrogen (secondary N) is 2. The van der Waals surface area contributed by atoms with Crippen LogP contribution in [0.1, 0.15) is 10.4 Å². The topological polar surface area (TPSA) is 70.7 Å². The maximum atomic E-state index is 12.4. The maximum absolute atomic E-state index is 12.4. The molecule has 0 bridgehead atoms. The second-order valence-electron chi connectivity index (χ2n) is 5.55. The van der Waals surface area contributed by atoms with Crippen LogP contribution in [0.3, 0.4) is 0 Å². The molecular weight excluding hydrogens is 344 g/mol. The van der Waals surface area contributed by atoms with Crippen LogP contribution in [0, 0.1) is 0 Å². The number of alkyl halides is 2. The third kappa shape index (κ3) is 5.44. The van der Waals surface area contributed by atoms with E-state index >= 15 is 0 Å². The van der Waals surface area contributed by atoms with Gasteiger partial charge in [0, 0.05) is 25.3 Å². The second kappa shape index (κ2) is 8.80. The van der Waals surface area contributed by atoms with Gasteiger partial charge in [-0.15, -0.1) is 0 Å². The number of hydrogen-bond donors (Lipinski definition) is 2. The summed E-state index contributed by atoms with van der Waals surface area (Å²) in [5, 5.41) is 5.40. The number of amides is 2. The van der Waals surface area contributed by atoms with Crippen LogP contribution in [0.15, 0.2) is 48.5 Å². The van der Waals surface area contributed by atoms with Crippen molar-refractivity contribution >= 4 is 23.2 Å². The Labute approximate surface area is 149 Å². The highest BCUT2D eigenvalue weighted by atomic mass is 19.3. The van der Waals surface area contributed by atoms with Crippen molar-refractivity contribution in [2.75, 3.05) is 31.3 Å². The quantitative estimate of drug-likeness (QED) is 0.793. The second-order valence-corrected chi connectivity index (χ2v) is 5.55. The zero-order valence-corrected chi connectivity index (χ0v) is 14.3. The monoisotopic (exact) mass is 363 g/mol. The van der Waals surface area contributed by atoms with E-state index in [2.05, 4.69) is 15.4 Å². The third-order valence-corrected chi connectivity index (χ3v) is 3.37. The van der Waals surface area contributed by atoms with E-state index in [1.165, 1.54) is 23.1 Å². The fourth-order valence-electron chi connectivity index (χ4n) is 2.13. The molecule has 2 aromatic rings. The van der Waals surface area contributed by atoms with Crippen LogP contribution in [0.25, 0.3) is 0 Å². The molecule has 6 nitrogen and oxygen atoms in total. The average molecular weight is 363 g/mol. The summed E-state index contributed by atoms with van der Waals surface area (Å²) >= 11 is 0. The average Bonchev–Trinajstić information content (AvgIpc) is 2.61. The Morgan fingerprint density at radius 2 is 1.73 bits per heavy atom. The predicted molar refractivity (Wildman–Crippen MR) is 94.7 cm³/mol. The molecule has 138 valence electrons. The van der Waals surface area contributed by atoms with Gasteiger partial charge in [-0.1, -0.05) is 12.1 Å². The lowest BCUT2D eigenvalue weighted by Gasteiger charge is -2.13. The summed E-state index contributed by atoms with van der Waals surface area (Å²) in [7, 11) is 3.32. The lowest BCUT2D eigenvalue weighted by molar-refractivity contribution is -0.114. The van der Waals surface area contributed by atoms with Gasteiger partial charge in [0.2, 0.25) is 5.91 Å². The van der Waals surface area contributed by atoms with Gasteiger partial charge in [0.1, 0.15) is 5.75 Å². The first-order valence-corrected chi connectivity index (χ1v) is 7.76. The van der Waals surface area contributed by atoms with Gasteiger partial charge in [0.05, 0.1) is 12.2 Å². The van der Waals surface area contributed by atoms with Crippen molar-refractivity contribution in [3.63, 3.8) is 0 Å². The van der Waals surface area contributed by atoms with E-state index in [0.717, 1.165) is 0 Å². The molecule has 0 fully saturated rings. The number of rotatable bonds is 7. The van der Waals surface area contributed by atoms with Crippen LogP contribution in [0.2, 0.25) is 0 Å². The van der Waals surface area contributed by atoms with Gasteiger partial charge in [0.25, 0.3) is 5.91 Å². The minimum absolute atomic E-state index is 0.0794. The number of benzene rings is 2. The summed E-state index contributed by atoms with van der Waals surface area (Å²) in [5.74, 6) is -0.656. The normalized spacial score (nSPS) is 10.3. The molecule has 0 aliphatic carbocycles. The molecule has 8 heteroatoms. The Balaban J connectivity index is 1.92. The Morgan fingerprint density at radius 1 is 1.08 bits per heavy atom. The number of ether oxygens (including phenoxy) is 1. The lowest BCUT2D eigenvalue weighted by atomic mass is 10.2. The van der Waals surface area contributed by atoms with Crippen LogP contribution in [0.4, 0.5) is 20.2 Å². The number of hydrogen-bond acceptors (Lipinski definition) is 4. The first kappa shape index (κ1) is 19.2. The van der Waals surface area contributed by atoms with E-state index < -0.39 is 12.5 Å². The molecule has 0 saturated carbocycles. The van der Waals surface area contributed by atoms with Crippen molar-refractivity contribution in [2.45, 2.75) is 6.61 Å². The first-order valence-electron chi connectivity index (χ1n) is 7.76. The van der Waals surface area contributed by atoms with Crippen LogP contribution in [0.5, 0.6) is 5.75 Å². The van der Waals surface area contributed by atoms with Gasteiger partial charge in [-0.05, 0) is 36.4 Å². The summed E-state index contributed by atoms with van der Waals surface area (Å²) in [4.78, 5) is 25.3. The predicted octanol–water partition coefficient (Wildman–Crippen LogP) is 3.04. The molecule has 0 aliphatic rings. The Morgan fingerprint density at radius 3 is 2.35 bits per heavy atom. The lowest BCUT2D eigenvalue weighted by Crippen LogP contribution is -2.23. The minimum Gasteiger partial charge on any atom is -0.433 e. The first-order chi connectivity index (χ1) is 12.4. The maximum Gasteiger partial charge on any atom is 0.387 e. The molecule has 0 aliphatic heterocycles. The number of carbonyl (C=O) groups is 2. The van der Waals surface area contributed by atoms with Crippen molar-refractivity contribution in [2.24, 2.45) is 0 Å². The van der Waals surface area contributed by atoms with E-state index in [1.54, 1.807) is 44.4 Å². The summed E-state index contributed by atoms with van der Waals surface area (Å²) in [6.45, 7) is -3.06. The molecule has 2 aromatic carbocycles. The van der Waals surface area contributed by atoms with Crippen molar-refractivity contribution < 1.29 is 23.1 Å². The highest BCUT2D eigenvalue weighted by Gasteiger charge is 2.12. The SMILES string of the molecule is CN(C)C(=O)c1ccc(NCC(=O)Nc2ccccc2OC(F)F)cc1. The Kier molecular flexibility index (Phi) is 6.48. The molecule has 2 N–H and O–H groups in total. The molecule has 0 radical (unpaired) electrons. The number of carbonyl (C=O) groups excluding carboxylic acids is 2. The van der Waals surface area contributed by atoms with E-state index in [-0.39, 0.29) is 23.9 Å². The highest BCUT2D eigenvalue weighted by Crippen LogP contribution is 2.25. The highest BCUT2D eigenvalue weighted by molar-refractivity contribution is 5.96. The van der Waals surface area contributed by atoms with Gasteiger partial charge in [0.15, 0.2) is 0 Å². The number of nitrogens with zero attached hydrogens (tertiary/aromatic N) is 1. The molecule has 0 spiro atoms. The van der Waals surface area contributed by atoms with Crippen LogP contribution < -0.4 is 15.4 Å². The number of para-hydroxylation sites is 2. The van der Waals surface area contributed by atoms with Crippen LogP contribution in [-0.4, -0.2) is 44.0 Å². The van der Waals surface area contributed by atoms with Crippen LogP contribution in [-0.2, 0) is 4.79 Å². The summed E-state index contributed by atoms with van der Waals surface area (Å²) < 4.78 is 29.1. The van der Waals surface area contributed by atoms with E-state index in [1.807, 2.05) is 0 Å². The zero-order valence-electron chi connectivity index (χ0n) is 14.3. The fourth-order valence-corrected chi connectivity index (χ4v) is 2.13. The van der Waals surface area contributed by atoms with Crippen LogP contribution >= 0.6 is 0 Å². The van der Waals surface area contributed by atoms with Gasteiger partial charge >= 0.3 is 6.61 Å². The molecule has 0 saturated heterocycles. The van der Waals surface area contributed by atoms with Gasteiger partial charge in [-0.25, -0.2) is 0 Å². The van der Waals surface area contributed by atoms with E-state index in [0.29, 0.717) is 11.3 Å². The van der Waals surface area contributed by atoms with Crippen molar-refractivity contribution in [1.82, 2.24) is 4.90 Å². The standard InChI is InChI=1S/C18H19F2N3O3/c1-23(2)17(25)12-7-9-13(10-8-12)21-11-16(24)22-14-5-3-4-6-15(14)26-18(19)20/h3-10,18,21H,11H2,1-2H3,(H,22,24). The minimum atomic E-state index is -2.98. The molecule has 0 unspecified atom stereocenters. The van der Waals surface area contributed by atoms with Crippen molar-refractivity contribution in [1.29, 1.82) is 0 Å². The van der Waals surface area contributed by atoms with Gasteiger partial charge < -0.3 is 20.3 Å². The molecule has 2 amide bonds. The molecule has 0 aromatic heterocycles. The molecule has 0 atom stereocenters. The summed E-state index contributed by atoms with van der Waals surface area (Å²) in [6.07, 6.45) is 0. The summed E-state index contributed by atoms with van der Waals surface area (Å²) in [6, 6.07) is 12.6. The molecule has 2 rings (SSSR count). The van der Waals surface area contributed by atoms with Crippen molar-refractivity contribution in [3.8, 4) is 5.75 Å². The fraction of sp³-hybridized carbons (Fsp3) is 0.222. The van der Waals surface area contributed by atoms with Gasteiger partial charge in [-0.2, -0.15) is 8.78 Å². The smallest absolute Gasteiger partial charge is 0.387 e. The molecular formula is C18H19F2N3O3. The molecule has 26 heavy (non-hydrogen) atoms. The zero-order chi connectivity index (χ0) is 19.1. The molecule has 0 heterocycles. The van der Waals surface area contributed by atoms with E-state index in [9.17, 15) is 18.4 Å². The third-order valence-electron chi connectivity index (χ3n) is 3.37. The Bertz CT molecular complexity index is 765. The number of anilines is 2. The largest absolute Gasteiger partial charge is 0.433 e. The number of halogens is 2. The summed E-state index contributed by atoms with van der Waals surface area (Å²) in [5.41, 5.74) is 1.34. The van der Waals surface area contributed by atoms with E-state index in [4.69, 9.17) is 0 Å².